The van der Waals surface area contributed by atoms with Crippen LogP contribution in [0.5, 0.6) is 0 Å². The monoisotopic (exact) mass is 580 g/mol. The number of unbranched alkanes of at least 4 members (excludes halogenated alkanes) is 3. The van der Waals surface area contributed by atoms with E-state index in [1.807, 2.05) is 45.0 Å². The zero-order valence-electron chi connectivity index (χ0n) is 23.4. The largest absolute Gasteiger partial charge is 0.466 e. The van der Waals surface area contributed by atoms with Crippen LogP contribution in [0.15, 0.2) is 0 Å². The molecular weight excluding hydrogens is 513 g/mol. The molecule has 0 unspecified atom stereocenters. The maximum Gasteiger partial charge on any atom is 0.419 e. The van der Waals surface area contributed by atoms with E-state index in [4.69, 9.17) is 9.47 Å². The Hall–Kier alpha value is -0.250. The van der Waals surface area contributed by atoms with Crippen LogP contribution >= 0.6 is 35.7 Å². The van der Waals surface area contributed by atoms with Gasteiger partial charge in [-0.25, -0.2) is 9.10 Å². The van der Waals surface area contributed by atoms with Crippen molar-refractivity contribution < 1.29 is 20.5 Å². The number of rotatable bonds is 14. The van der Waals surface area contributed by atoms with Gasteiger partial charge in [-0.2, -0.15) is 11.8 Å². The Labute approximate surface area is 242 Å². The van der Waals surface area contributed by atoms with Crippen molar-refractivity contribution in [1.82, 2.24) is 8.61 Å². The predicted octanol–water partition coefficient (Wildman–Crippen LogP) is 9.78. The van der Waals surface area contributed by atoms with Crippen molar-refractivity contribution in [2.75, 3.05) is 51.3 Å². The van der Waals surface area contributed by atoms with Gasteiger partial charge in [0.15, 0.2) is 0 Å². The van der Waals surface area contributed by atoms with E-state index in [-0.39, 0.29) is 35.8 Å². The lowest BCUT2D eigenvalue weighted by molar-refractivity contribution is -0.143. The van der Waals surface area contributed by atoms with Gasteiger partial charge in [-0.05, 0) is 63.8 Å². The zero-order valence-corrected chi connectivity index (χ0v) is 25.9. The Morgan fingerprint density at radius 3 is 1.75 bits per heavy atom. The number of carbonyl (C=O) groups excluding carboxylic acids is 2. The summed E-state index contributed by atoms with van der Waals surface area (Å²) in [4.78, 5) is 22.0. The van der Waals surface area contributed by atoms with Crippen molar-refractivity contribution in [3.05, 3.63) is 0 Å². The first-order valence-corrected chi connectivity index (χ1v) is 15.9. The number of thioether (sulfide) groups is 1. The summed E-state index contributed by atoms with van der Waals surface area (Å²) >= 11 is 4.95. The summed E-state index contributed by atoms with van der Waals surface area (Å²) in [5, 5.41) is 0. The molecule has 0 aromatic carbocycles. The number of nitrogens with zero attached hydrogens (tertiary/aromatic N) is 2. The molecule has 0 aliphatic heterocycles. The van der Waals surface area contributed by atoms with Crippen molar-refractivity contribution in [3.63, 3.8) is 0 Å². The lowest BCUT2D eigenvalue weighted by Gasteiger charge is -2.22. The summed E-state index contributed by atoms with van der Waals surface area (Å²) in [6, 6.07) is 0.462. The highest BCUT2D eigenvalue weighted by Gasteiger charge is 2.10. The van der Waals surface area contributed by atoms with Crippen molar-refractivity contribution >= 4 is 47.7 Å². The molecule has 0 aliphatic carbocycles. The molecule has 228 valence electrons. The zero-order chi connectivity index (χ0) is 26.5. The number of hydrogen-bond donors (Lipinski definition) is 0. The van der Waals surface area contributed by atoms with Gasteiger partial charge in [0.05, 0.1) is 19.6 Å². The maximum absolute atomic E-state index is 11.0. The summed E-state index contributed by atoms with van der Waals surface area (Å²) in [6.45, 7) is 16.1. The van der Waals surface area contributed by atoms with Crippen LogP contribution in [-0.4, -0.2) is 78.0 Å². The Morgan fingerprint density at radius 2 is 1.39 bits per heavy atom. The van der Waals surface area contributed by atoms with E-state index >= 15 is 0 Å². The van der Waals surface area contributed by atoms with Crippen LogP contribution in [0.1, 0.15) is 111 Å². The Kier molecular flexibility index (Phi) is 64.9. The van der Waals surface area contributed by atoms with Crippen molar-refractivity contribution in [2.24, 2.45) is 0 Å². The number of esters is 1. The minimum absolute atomic E-state index is 0. The molecule has 0 saturated carbocycles. The molecule has 1 amide bonds. The highest BCUT2D eigenvalue weighted by atomic mass is 32.2. The molecule has 0 aliphatic rings. The molecule has 0 heterocycles. The van der Waals surface area contributed by atoms with E-state index < -0.39 is 0 Å². The van der Waals surface area contributed by atoms with Crippen molar-refractivity contribution in [2.45, 2.75) is 115 Å². The first-order valence-electron chi connectivity index (χ1n) is 12.1. The van der Waals surface area contributed by atoms with Gasteiger partial charge >= 0.3 is 12.1 Å². The molecule has 0 spiro atoms. The molecule has 0 saturated heterocycles. The van der Waals surface area contributed by atoms with Gasteiger partial charge in [0, 0.05) is 27.3 Å². The molecule has 0 atom stereocenters. The van der Waals surface area contributed by atoms with E-state index in [2.05, 4.69) is 38.3 Å². The minimum atomic E-state index is -0.258. The molecule has 0 aromatic heterocycles. The van der Waals surface area contributed by atoms with Gasteiger partial charge in [0.1, 0.15) is 0 Å². The molecule has 0 bridgehead atoms. The molecular formula is C27H68N2O4S3. The number of hydrogen-bond acceptors (Lipinski definition) is 8. The fourth-order valence-corrected chi connectivity index (χ4v) is 3.35. The third kappa shape index (κ3) is 43.8. The summed E-state index contributed by atoms with van der Waals surface area (Å²) in [7, 11) is 1.69. The van der Waals surface area contributed by atoms with Crippen LogP contribution in [0.3, 0.4) is 0 Å². The van der Waals surface area contributed by atoms with Gasteiger partial charge in [0.2, 0.25) is 0 Å². The van der Waals surface area contributed by atoms with Gasteiger partial charge in [0.25, 0.3) is 0 Å². The highest BCUT2D eigenvalue weighted by Crippen LogP contribution is 2.11. The van der Waals surface area contributed by atoms with Crippen molar-refractivity contribution in [3.8, 4) is 0 Å². The first kappa shape index (κ1) is 52.2. The minimum Gasteiger partial charge on any atom is -0.466 e. The van der Waals surface area contributed by atoms with Crippen LogP contribution < -0.4 is 0 Å². The normalized spacial score (nSPS) is 8.81. The molecule has 0 radical (unpaired) electrons. The molecule has 0 N–H and O–H groups in total. The topological polar surface area (TPSA) is 59.1 Å². The van der Waals surface area contributed by atoms with E-state index in [9.17, 15) is 9.59 Å². The lowest BCUT2D eigenvalue weighted by Crippen LogP contribution is -2.26. The summed E-state index contributed by atoms with van der Waals surface area (Å²) in [6.07, 6.45) is 12.4. The van der Waals surface area contributed by atoms with E-state index in [1.165, 1.54) is 41.3 Å². The fraction of sp³-hybridized carbons (Fsp3) is 0.926. The molecule has 0 fully saturated rings. The predicted molar refractivity (Wildman–Crippen MR) is 176 cm³/mol. The van der Waals surface area contributed by atoms with E-state index in [0.717, 1.165) is 19.4 Å². The Bertz CT molecular complexity index is 408. The highest BCUT2D eigenvalue weighted by molar-refractivity contribution is 7.98. The third-order valence-electron chi connectivity index (χ3n) is 3.86. The number of ether oxygens (including phenoxy) is 2. The Balaban J connectivity index is -0.0000000538. The van der Waals surface area contributed by atoms with Crippen LogP contribution in [0.2, 0.25) is 0 Å². The molecule has 36 heavy (non-hydrogen) atoms. The number of amides is 1. The maximum atomic E-state index is 11.0. The van der Waals surface area contributed by atoms with Crippen LogP contribution in [0.4, 0.5) is 4.79 Å². The van der Waals surface area contributed by atoms with E-state index in [0.29, 0.717) is 25.7 Å². The number of carbonyl (C=O) groups is 2. The van der Waals surface area contributed by atoms with Crippen molar-refractivity contribution in [1.29, 1.82) is 0 Å². The van der Waals surface area contributed by atoms with Crippen LogP contribution in [0, 0.1) is 0 Å². The summed E-state index contributed by atoms with van der Waals surface area (Å²) in [5.74, 6) is 1.23. The van der Waals surface area contributed by atoms with E-state index in [1.54, 1.807) is 19.0 Å². The molecule has 6 nitrogen and oxygen atoms in total. The smallest absolute Gasteiger partial charge is 0.419 e. The fourth-order valence-electron chi connectivity index (χ4n) is 1.96. The summed E-state index contributed by atoms with van der Waals surface area (Å²) in [5.41, 5.74) is 0. The second kappa shape index (κ2) is 44.7. The van der Waals surface area contributed by atoms with Crippen LogP contribution in [0.25, 0.3) is 0 Å². The second-order valence-electron chi connectivity index (χ2n) is 6.82. The first-order chi connectivity index (χ1) is 15.7. The third-order valence-corrected chi connectivity index (χ3v) is 6.33. The quantitative estimate of drug-likeness (QED) is 0.114. The SMILES string of the molecule is C.C.C.CC.CCCCCSC.CCCCOC(=O)N(C)SC.CCOC(=O)CCN(SC)C(C)C.[HH]. The summed E-state index contributed by atoms with van der Waals surface area (Å²) < 4.78 is 13.4. The van der Waals surface area contributed by atoms with Crippen LogP contribution in [-0.2, 0) is 14.3 Å². The average Bonchev–Trinajstić information content (AvgIpc) is 2.81. The molecule has 0 rings (SSSR count). The van der Waals surface area contributed by atoms with Gasteiger partial charge in [-0.1, -0.05) is 81.2 Å². The average molecular weight is 581 g/mol. The lowest BCUT2D eigenvalue weighted by atomic mass is 10.3. The van der Waals surface area contributed by atoms with Gasteiger partial charge in [-0.3, -0.25) is 9.10 Å². The second-order valence-corrected chi connectivity index (χ2v) is 9.55. The molecule has 9 heteroatoms. The van der Waals surface area contributed by atoms with Gasteiger partial charge in [-0.15, -0.1) is 0 Å². The molecule has 0 aromatic rings. The van der Waals surface area contributed by atoms with Gasteiger partial charge < -0.3 is 9.47 Å². The Morgan fingerprint density at radius 1 is 0.861 bits per heavy atom. The standard InChI is InChI=1S/C9H19NO2S.C7H15NO2S.C6H14S.C2H6.3CH4.H2/c1-5-12-9(11)6-7-10(13-4)8(2)3;1-4-5-6-10-7(9)8(2)11-3;1-3-4-5-6-7-2;1-2;;;;/h8H,5-7H2,1-4H3;4-6H2,1-3H3;3-6H2,1-2H3;1-2H3;3*1H4;1H.